The molecule has 34 heavy (non-hydrogen) atoms. The third kappa shape index (κ3) is 5.22. The number of benzene rings is 3. The molecule has 0 atom stereocenters. The van der Waals surface area contributed by atoms with Crippen LogP contribution in [0.25, 0.3) is 16.8 Å². The van der Waals surface area contributed by atoms with Crippen LogP contribution in [-0.4, -0.2) is 38.2 Å². The van der Waals surface area contributed by atoms with Crippen molar-refractivity contribution in [2.75, 3.05) is 29.3 Å². The smallest absolute Gasteiger partial charge is 0.265 e. The predicted molar refractivity (Wildman–Crippen MR) is 139 cm³/mol. The molecule has 0 aliphatic rings. The summed E-state index contributed by atoms with van der Waals surface area (Å²) in [6.07, 6.45) is 7.11. The second-order valence-electron chi connectivity index (χ2n) is 7.51. The van der Waals surface area contributed by atoms with Crippen molar-refractivity contribution in [1.82, 2.24) is 4.98 Å². The van der Waals surface area contributed by atoms with E-state index in [0.717, 1.165) is 10.9 Å². The summed E-state index contributed by atoms with van der Waals surface area (Å²) in [5, 5.41) is 15.0. The number of sulfonamides is 1. The molecule has 0 saturated heterocycles. The Kier molecular flexibility index (Phi) is 7.47. The monoisotopic (exact) mass is 493 g/mol. The molecule has 0 spiro atoms. The van der Waals surface area contributed by atoms with Crippen LogP contribution in [0.5, 0.6) is 0 Å². The number of anilines is 2. The van der Waals surface area contributed by atoms with Gasteiger partial charge in [-0.1, -0.05) is 60.2 Å². The van der Waals surface area contributed by atoms with Gasteiger partial charge in [0, 0.05) is 34.7 Å². The number of para-hydroxylation sites is 2. The van der Waals surface area contributed by atoms with Crippen molar-refractivity contribution in [2.45, 2.75) is 4.90 Å². The maximum absolute atomic E-state index is 13.8. The van der Waals surface area contributed by atoms with E-state index in [0.29, 0.717) is 28.3 Å². The zero-order valence-corrected chi connectivity index (χ0v) is 19.9. The second-order valence-corrected chi connectivity index (χ2v) is 9.77. The highest BCUT2D eigenvalue weighted by atomic mass is 35.5. The fraction of sp³-hybridized carbons (Fsp3) is 0.115. The van der Waals surface area contributed by atoms with Crippen LogP contribution in [0, 0.1) is 0 Å². The van der Waals surface area contributed by atoms with E-state index in [-0.39, 0.29) is 18.0 Å². The first-order valence-electron chi connectivity index (χ1n) is 10.7. The number of pyridine rings is 1. The molecule has 2 N–H and O–H groups in total. The molecule has 8 heteroatoms. The minimum Gasteiger partial charge on any atom is -0.394 e. The Labute approximate surface area is 204 Å². The Bertz CT molecular complexity index is 1400. The average molecular weight is 494 g/mol. The number of nitrogens with zero attached hydrogens (tertiary/aromatic N) is 2. The molecule has 0 aliphatic carbocycles. The highest BCUT2D eigenvalue weighted by molar-refractivity contribution is 7.93. The van der Waals surface area contributed by atoms with Gasteiger partial charge in [0.1, 0.15) is 0 Å². The van der Waals surface area contributed by atoms with Crippen molar-refractivity contribution >= 4 is 49.8 Å². The number of rotatable bonds is 9. The van der Waals surface area contributed by atoms with Crippen molar-refractivity contribution < 1.29 is 13.5 Å². The lowest BCUT2D eigenvalue weighted by Crippen LogP contribution is -2.34. The van der Waals surface area contributed by atoms with Crippen LogP contribution >= 0.6 is 11.6 Å². The molecule has 0 fully saturated rings. The van der Waals surface area contributed by atoms with Crippen molar-refractivity contribution in [3.05, 3.63) is 102 Å². The molecule has 4 rings (SSSR count). The van der Waals surface area contributed by atoms with Crippen LogP contribution in [0.1, 0.15) is 5.56 Å². The molecule has 0 unspecified atom stereocenters. The van der Waals surface area contributed by atoms with E-state index in [1.54, 1.807) is 42.7 Å². The van der Waals surface area contributed by atoms with Gasteiger partial charge in [-0.2, -0.15) is 0 Å². The number of nitrogens with one attached hydrogen (secondary N) is 1. The van der Waals surface area contributed by atoms with Crippen LogP contribution in [0.3, 0.4) is 0 Å². The Morgan fingerprint density at radius 3 is 2.59 bits per heavy atom. The summed E-state index contributed by atoms with van der Waals surface area (Å²) in [5.74, 6) is 0. The number of aromatic nitrogens is 1. The quantitative estimate of drug-likeness (QED) is 0.335. The van der Waals surface area contributed by atoms with Crippen LogP contribution in [0.15, 0.2) is 96.2 Å². The van der Waals surface area contributed by atoms with Gasteiger partial charge in [-0.25, -0.2) is 8.42 Å². The molecule has 1 aromatic heterocycles. The molecule has 1 heterocycles. The number of halogens is 1. The second kappa shape index (κ2) is 10.7. The SMILES string of the molecule is O=S(=O)(c1cccc2cnccc12)N(CCO)c1ccccc1NCC=Cc1ccc(Cl)cc1. The van der Waals surface area contributed by atoms with E-state index in [1.165, 1.54) is 4.31 Å². The number of aliphatic hydroxyl groups excluding tert-OH is 1. The highest BCUT2D eigenvalue weighted by Gasteiger charge is 2.28. The summed E-state index contributed by atoms with van der Waals surface area (Å²) < 4.78 is 28.8. The van der Waals surface area contributed by atoms with Gasteiger partial charge in [0.25, 0.3) is 10.0 Å². The summed E-state index contributed by atoms with van der Waals surface area (Å²) in [5.41, 5.74) is 2.11. The van der Waals surface area contributed by atoms with E-state index >= 15 is 0 Å². The summed E-state index contributed by atoms with van der Waals surface area (Å²) in [6.45, 7) is 0.0755. The zero-order valence-electron chi connectivity index (χ0n) is 18.3. The van der Waals surface area contributed by atoms with E-state index in [9.17, 15) is 13.5 Å². The topological polar surface area (TPSA) is 82.5 Å². The molecule has 0 radical (unpaired) electrons. The number of fused-ring (bicyclic) bond motifs is 1. The molecule has 3 aromatic carbocycles. The van der Waals surface area contributed by atoms with Crippen LogP contribution in [0.4, 0.5) is 11.4 Å². The maximum atomic E-state index is 13.8. The predicted octanol–water partition coefficient (Wildman–Crippen LogP) is 5.20. The molecule has 6 nitrogen and oxygen atoms in total. The molecule has 174 valence electrons. The van der Waals surface area contributed by atoms with E-state index in [2.05, 4.69) is 10.3 Å². The molecule has 0 bridgehead atoms. The number of hydrogen-bond acceptors (Lipinski definition) is 5. The third-order valence-electron chi connectivity index (χ3n) is 5.28. The molecular weight excluding hydrogens is 470 g/mol. The standard InChI is InChI=1S/C26H24ClN3O3S/c27-22-12-10-20(11-13-22)5-4-15-29-24-7-1-2-8-25(24)30(17-18-31)34(32,33)26-9-3-6-21-19-28-16-14-23(21)26/h1-14,16,19,29,31H,15,17-18H2. The Balaban J connectivity index is 1.64. The fourth-order valence-corrected chi connectivity index (χ4v) is 5.49. The fourth-order valence-electron chi connectivity index (χ4n) is 3.68. The molecule has 4 aromatic rings. The van der Waals surface area contributed by atoms with E-state index in [4.69, 9.17) is 11.6 Å². The Morgan fingerprint density at radius 1 is 1.00 bits per heavy atom. The molecule has 0 aliphatic heterocycles. The first-order chi connectivity index (χ1) is 16.5. The van der Waals surface area contributed by atoms with Crippen molar-refractivity contribution in [2.24, 2.45) is 0 Å². The number of aliphatic hydroxyl groups is 1. The van der Waals surface area contributed by atoms with Crippen LogP contribution < -0.4 is 9.62 Å². The minimum absolute atomic E-state index is 0.0802. The normalized spacial score (nSPS) is 11.7. The third-order valence-corrected chi connectivity index (χ3v) is 7.40. The van der Waals surface area contributed by atoms with Gasteiger partial charge in [-0.3, -0.25) is 9.29 Å². The zero-order chi connectivity index (χ0) is 24.0. The van der Waals surface area contributed by atoms with Gasteiger partial charge >= 0.3 is 0 Å². The van der Waals surface area contributed by atoms with E-state index in [1.807, 2.05) is 54.6 Å². The maximum Gasteiger partial charge on any atom is 0.265 e. The lowest BCUT2D eigenvalue weighted by Gasteiger charge is -2.26. The Hall–Kier alpha value is -3.39. The lowest BCUT2D eigenvalue weighted by atomic mass is 10.2. The lowest BCUT2D eigenvalue weighted by molar-refractivity contribution is 0.306. The Morgan fingerprint density at radius 2 is 1.79 bits per heavy atom. The number of hydrogen-bond donors (Lipinski definition) is 2. The largest absolute Gasteiger partial charge is 0.394 e. The first kappa shape index (κ1) is 23.8. The van der Waals surface area contributed by atoms with Gasteiger partial charge < -0.3 is 10.4 Å². The van der Waals surface area contributed by atoms with Crippen LogP contribution in [-0.2, 0) is 10.0 Å². The van der Waals surface area contributed by atoms with Crippen molar-refractivity contribution in [3.63, 3.8) is 0 Å². The summed E-state index contributed by atoms with van der Waals surface area (Å²) in [4.78, 5) is 4.25. The summed E-state index contributed by atoms with van der Waals surface area (Å²) in [6, 6.07) is 21.4. The minimum atomic E-state index is -3.97. The van der Waals surface area contributed by atoms with Gasteiger partial charge in [0.2, 0.25) is 0 Å². The molecule has 0 saturated carbocycles. The summed E-state index contributed by atoms with van der Waals surface area (Å²) in [7, 11) is -3.97. The van der Waals surface area contributed by atoms with Gasteiger partial charge in [-0.05, 0) is 42.0 Å². The van der Waals surface area contributed by atoms with Crippen molar-refractivity contribution in [3.8, 4) is 0 Å². The summed E-state index contributed by atoms with van der Waals surface area (Å²) >= 11 is 5.93. The molecular formula is C26H24ClN3O3S. The van der Waals surface area contributed by atoms with Crippen molar-refractivity contribution in [1.29, 1.82) is 0 Å². The van der Waals surface area contributed by atoms with Gasteiger partial charge in [0.15, 0.2) is 0 Å². The highest BCUT2D eigenvalue weighted by Crippen LogP contribution is 2.33. The first-order valence-corrected chi connectivity index (χ1v) is 12.5. The van der Waals surface area contributed by atoms with Gasteiger partial charge in [0.05, 0.1) is 29.4 Å². The molecule has 0 amide bonds. The average Bonchev–Trinajstić information content (AvgIpc) is 2.86. The van der Waals surface area contributed by atoms with Crippen LogP contribution in [0.2, 0.25) is 5.02 Å². The van der Waals surface area contributed by atoms with Gasteiger partial charge in [-0.15, -0.1) is 0 Å². The van der Waals surface area contributed by atoms with E-state index < -0.39 is 10.0 Å².